The van der Waals surface area contributed by atoms with Crippen LogP contribution in [0.3, 0.4) is 0 Å². The molecule has 0 amide bonds. The zero-order valence-electron chi connectivity index (χ0n) is 35.7. The van der Waals surface area contributed by atoms with E-state index in [4.69, 9.17) is 0 Å². The minimum absolute atomic E-state index is 1.14. The zero-order valence-corrected chi connectivity index (χ0v) is 38.9. The molecule has 0 saturated heterocycles. The maximum absolute atomic E-state index is 3.81. The molecule has 0 aromatic heterocycles. The predicted molar refractivity (Wildman–Crippen MR) is 289 cm³/mol. The van der Waals surface area contributed by atoms with Crippen LogP contribution in [0.25, 0.3) is 132 Å². The first-order chi connectivity index (χ1) is 32.7. The molecule has 0 radical (unpaired) electrons. The largest absolute Gasteiger partial charge is 0.0622 e. The molecular formula is C64H38Br2. The van der Waals surface area contributed by atoms with Crippen LogP contribution in [0.15, 0.2) is 239 Å². The maximum atomic E-state index is 3.81. The SMILES string of the molecule is Brc1ccc2c3c(cccc13)-c1c-2c(-c2ccccc2)c2ccccc2c1-c1ccccc1.Brc1ccc2c3c(cccc13)-c1c-2c(-c2ccccc2)c2ccccc2c1-c1ccccc1. The molecule has 0 saturated carbocycles. The van der Waals surface area contributed by atoms with E-state index in [1.165, 1.54) is 132 Å². The molecule has 0 unspecified atom stereocenters. The van der Waals surface area contributed by atoms with Gasteiger partial charge in [0, 0.05) is 8.95 Å². The van der Waals surface area contributed by atoms with Crippen LogP contribution in [0.1, 0.15) is 0 Å². The molecule has 12 aromatic rings. The minimum atomic E-state index is 1.14. The summed E-state index contributed by atoms with van der Waals surface area (Å²) in [5.41, 5.74) is 21.0. The number of hydrogen-bond donors (Lipinski definition) is 0. The third-order valence-corrected chi connectivity index (χ3v) is 15.1. The van der Waals surface area contributed by atoms with Crippen molar-refractivity contribution in [3.05, 3.63) is 239 Å². The lowest BCUT2D eigenvalue weighted by Gasteiger charge is -2.20. The first kappa shape index (κ1) is 39.0. The average Bonchev–Trinajstić information content (AvgIpc) is 3.89. The highest BCUT2D eigenvalue weighted by atomic mass is 79.9. The van der Waals surface area contributed by atoms with Crippen molar-refractivity contribution in [1.82, 2.24) is 0 Å². The molecule has 0 fully saturated rings. The Kier molecular flexibility index (Phi) is 9.27. The molecular weight excluding hydrogens is 929 g/mol. The van der Waals surface area contributed by atoms with Crippen molar-refractivity contribution in [3.63, 3.8) is 0 Å². The van der Waals surface area contributed by atoms with Crippen LogP contribution in [0, 0.1) is 0 Å². The Morgan fingerprint density at radius 3 is 0.712 bits per heavy atom. The van der Waals surface area contributed by atoms with Crippen molar-refractivity contribution < 1.29 is 0 Å². The van der Waals surface area contributed by atoms with Gasteiger partial charge in [0.15, 0.2) is 0 Å². The lowest BCUT2D eigenvalue weighted by molar-refractivity contribution is 1.62. The molecule has 12 aromatic carbocycles. The fraction of sp³-hybridized carbons (Fsp3) is 0. The van der Waals surface area contributed by atoms with E-state index < -0.39 is 0 Å². The van der Waals surface area contributed by atoms with Gasteiger partial charge in [-0.15, -0.1) is 0 Å². The maximum Gasteiger partial charge on any atom is 0.0254 e. The molecule has 2 aliphatic rings. The van der Waals surface area contributed by atoms with E-state index in [0.29, 0.717) is 0 Å². The van der Waals surface area contributed by atoms with E-state index in [1.807, 2.05) is 0 Å². The lowest BCUT2D eigenvalue weighted by atomic mass is 9.82. The lowest BCUT2D eigenvalue weighted by Crippen LogP contribution is -1.93. The molecule has 0 spiro atoms. The van der Waals surface area contributed by atoms with Crippen molar-refractivity contribution in [2.75, 3.05) is 0 Å². The Morgan fingerprint density at radius 1 is 0.182 bits per heavy atom. The van der Waals surface area contributed by atoms with Crippen LogP contribution in [-0.4, -0.2) is 0 Å². The second-order valence-corrected chi connectivity index (χ2v) is 18.9. The zero-order chi connectivity index (χ0) is 43.9. The van der Waals surface area contributed by atoms with Gasteiger partial charge in [-0.1, -0.05) is 250 Å². The molecule has 2 aliphatic carbocycles. The number of benzene rings is 12. The molecule has 0 N–H and O–H groups in total. The van der Waals surface area contributed by atoms with Crippen LogP contribution in [0.5, 0.6) is 0 Å². The number of fused-ring (bicyclic) bond motifs is 8. The van der Waals surface area contributed by atoms with Crippen molar-refractivity contribution in [2.24, 2.45) is 0 Å². The fourth-order valence-corrected chi connectivity index (χ4v) is 12.1. The summed E-state index contributed by atoms with van der Waals surface area (Å²) in [6, 6.07) is 83.6. The number of rotatable bonds is 4. The Morgan fingerprint density at radius 2 is 0.424 bits per heavy atom. The molecule has 0 heterocycles. The molecule has 14 rings (SSSR count). The molecule has 0 atom stereocenters. The summed E-state index contributed by atoms with van der Waals surface area (Å²) in [4.78, 5) is 0. The van der Waals surface area contributed by atoms with E-state index in [9.17, 15) is 0 Å². The topological polar surface area (TPSA) is 0 Å². The monoisotopic (exact) mass is 964 g/mol. The van der Waals surface area contributed by atoms with E-state index in [0.717, 1.165) is 8.95 Å². The van der Waals surface area contributed by atoms with Crippen LogP contribution >= 0.6 is 31.9 Å². The summed E-state index contributed by atoms with van der Waals surface area (Å²) in [6.45, 7) is 0. The van der Waals surface area contributed by atoms with Gasteiger partial charge in [0.2, 0.25) is 0 Å². The van der Waals surface area contributed by atoms with Gasteiger partial charge in [-0.25, -0.2) is 0 Å². The average molecular weight is 967 g/mol. The van der Waals surface area contributed by atoms with Crippen LogP contribution < -0.4 is 0 Å². The minimum Gasteiger partial charge on any atom is -0.0622 e. The standard InChI is InChI=1S/2C32H19Br/c2*33-27-19-18-26-30-24(27)16-9-17-25(30)31-28(20-10-3-1-4-11-20)22-14-7-8-15-23(22)29(32(26)31)21-12-5-2-6-13-21/h2*1-19H. The van der Waals surface area contributed by atoms with E-state index in [2.05, 4.69) is 262 Å². The van der Waals surface area contributed by atoms with Gasteiger partial charge in [-0.2, -0.15) is 0 Å². The Hall–Kier alpha value is -7.36. The van der Waals surface area contributed by atoms with Gasteiger partial charge in [0.05, 0.1) is 0 Å². The third kappa shape index (κ3) is 5.88. The van der Waals surface area contributed by atoms with E-state index in [1.54, 1.807) is 0 Å². The summed E-state index contributed by atoms with van der Waals surface area (Å²) in [6.07, 6.45) is 0. The molecule has 0 nitrogen and oxygen atoms in total. The predicted octanol–water partition coefficient (Wildman–Crippen LogP) is 19.5. The van der Waals surface area contributed by atoms with Gasteiger partial charge < -0.3 is 0 Å². The first-order valence-corrected chi connectivity index (χ1v) is 24.1. The normalized spacial score (nSPS) is 11.8. The summed E-state index contributed by atoms with van der Waals surface area (Å²) in [5, 5.41) is 10.4. The van der Waals surface area contributed by atoms with Crippen LogP contribution in [-0.2, 0) is 0 Å². The Balaban J connectivity index is 0.000000132. The fourth-order valence-electron chi connectivity index (χ4n) is 11.1. The van der Waals surface area contributed by atoms with Gasteiger partial charge in [0.25, 0.3) is 0 Å². The molecule has 2 heteroatoms. The summed E-state index contributed by atoms with van der Waals surface area (Å²) in [5.74, 6) is 0. The van der Waals surface area contributed by atoms with E-state index >= 15 is 0 Å². The third-order valence-electron chi connectivity index (χ3n) is 13.7. The first-order valence-electron chi connectivity index (χ1n) is 22.5. The van der Waals surface area contributed by atoms with Gasteiger partial charge in [-0.3, -0.25) is 0 Å². The van der Waals surface area contributed by atoms with Crippen molar-refractivity contribution in [2.45, 2.75) is 0 Å². The molecule has 0 bridgehead atoms. The quantitative estimate of drug-likeness (QED) is 0.165. The Labute approximate surface area is 400 Å². The number of halogens is 2. The summed E-state index contributed by atoms with van der Waals surface area (Å²) in [7, 11) is 0. The van der Waals surface area contributed by atoms with Crippen LogP contribution in [0.2, 0.25) is 0 Å². The Bertz CT molecular complexity index is 3470. The van der Waals surface area contributed by atoms with Gasteiger partial charge in [0.1, 0.15) is 0 Å². The molecule has 308 valence electrons. The molecule has 66 heavy (non-hydrogen) atoms. The summed E-state index contributed by atoms with van der Waals surface area (Å²) < 4.78 is 2.28. The van der Waals surface area contributed by atoms with E-state index in [-0.39, 0.29) is 0 Å². The van der Waals surface area contributed by atoms with Crippen LogP contribution in [0.4, 0.5) is 0 Å². The summed E-state index contributed by atoms with van der Waals surface area (Å²) >= 11 is 7.62. The van der Waals surface area contributed by atoms with Crippen molar-refractivity contribution in [3.8, 4) is 89.0 Å². The van der Waals surface area contributed by atoms with Crippen molar-refractivity contribution in [1.29, 1.82) is 0 Å². The highest BCUT2D eigenvalue weighted by Crippen LogP contribution is 2.60. The second kappa shape index (κ2) is 15.7. The number of hydrogen-bond acceptors (Lipinski definition) is 0. The van der Waals surface area contributed by atoms with Gasteiger partial charge in [-0.05, 0) is 144 Å². The highest BCUT2D eigenvalue weighted by Gasteiger charge is 2.32. The second-order valence-electron chi connectivity index (χ2n) is 17.2. The highest BCUT2D eigenvalue weighted by molar-refractivity contribution is 9.11. The van der Waals surface area contributed by atoms with Crippen molar-refractivity contribution >= 4 is 74.9 Å². The molecule has 0 aliphatic heterocycles. The smallest absolute Gasteiger partial charge is 0.0254 e. The van der Waals surface area contributed by atoms with Gasteiger partial charge >= 0.3 is 0 Å².